The fourth-order valence-electron chi connectivity index (χ4n) is 3.29. The molecule has 6 nitrogen and oxygen atoms in total. The lowest BCUT2D eigenvalue weighted by atomic mass is 9.99. The maximum Gasteiger partial charge on any atom is 0.303 e. The Kier molecular flexibility index (Phi) is 3.73. The Labute approximate surface area is 148 Å². The molecule has 0 amide bonds. The maximum atomic E-state index is 12.3. The highest BCUT2D eigenvalue weighted by Crippen LogP contribution is 2.30. The van der Waals surface area contributed by atoms with Crippen LogP contribution in [0.5, 0.6) is 0 Å². The molecule has 26 heavy (non-hydrogen) atoms. The van der Waals surface area contributed by atoms with Crippen LogP contribution in [-0.4, -0.2) is 21.0 Å². The number of fused-ring (bicyclic) bond motifs is 3. The predicted octanol–water partition coefficient (Wildman–Crippen LogP) is 3.28. The molecular weight excluding hydrogens is 330 g/mol. The lowest BCUT2D eigenvalue weighted by Gasteiger charge is -2.07. The second kappa shape index (κ2) is 6.07. The topological polar surface area (TPSA) is 112 Å². The summed E-state index contributed by atoms with van der Waals surface area (Å²) in [6.07, 6.45) is 2.09. The van der Waals surface area contributed by atoms with Crippen LogP contribution in [0.4, 0.5) is 5.69 Å². The van der Waals surface area contributed by atoms with Crippen molar-refractivity contribution in [3.05, 3.63) is 64.6 Å². The van der Waals surface area contributed by atoms with Gasteiger partial charge in [-0.1, -0.05) is 18.2 Å². The van der Waals surface area contributed by atoms with Crippen molar-refractivity contribution in [2.75, 3.05) is 5.73 Å². The van der Waals surface area contributed by atoms with Crippen LogP contribution in [0.3, 0.4) is 0 Å². The van der Waals surface area contributed by atoms with Gasteiger partial charge < -0.3 is 20.8 Å². The number of benzene rings is 2. The van der Waals surface area contributed by atoms with Crippen molar-refractivity contribution in [1.82, 2.24) is 9.97 Å². The number of carboxylic acids is 1. The van der Waals surface area contributed by atoms with Crippen molar-refractivity contribution >= 4 is 33.5 Å². The fraction of sp³-hybridized carbons (Fsp3) is 0.100. The highest BCUT2D eigenvalue weighted by molar-refractivity contribution is 6.07. The first kappa shape index (κ1) is 16.0. The standard InChI is InChI=1S/C20H17N3O3/c21-14-5-1-11(2-6-14)12-3-7-16-15(9-12)18-13(4-8-17(24)25)10-22-19(18)20(26)23-16/h1-3,5-7,9-10,22H,4,8,21H2,(H,23,26)(H,24,25). The van der Waals surface area contributed by atoms with Crippen LogP contribution in [-0.2, 0) is 11.2 Å². The van der Waals surface area contributed by atoms with Crippen LogP contribution >= 0.6 is 0 Å². The first-order valence-corrected chi connectivity index (χ1v) is 8.26. The minimum atomic E-state index is -0.865. The van der Waals surface area contributed by atoms with Gasteiger partial charge in [0.1, 0.15) is 5.52 Å². The monoisotopic (exact) mass is 347 g/mol. The Morgan fingerprint density at radius 3 is 2.54 bits per heavy atom. The Balaban J connectivity index is 1.95. The van der Waals surface area contributed by atoms with E-state index in [-0.39, 0.29) is 12.0 Å². The van der Waals surface area contributed by atoms with Crippen LogP contribution in [0.25, 0.3) is 32.9 Å². The number of anilines is 1. The van der Waals surface area contributed by atoms with Crippen LogP contribution in [0.1, 0.15) is 12.0 Å². The molecule has 0 unspecified atom stereocenters. The zero-order valence-electron chi connectivity index (χ0n) is 13.9. The number of aromatic nitrogens is 2. The second-order valence-corrected chi connectivity index (χ2v) is 6.29. The number of aromatic amines is 2. The van der Waals surface area contributed by atoms with Crippen molar-refractivity contribution in [3.8, 4) is 11.1 Å². The van der Waals surface area contributed by atoms with E-state index in [1.54, 1.807) is 6.20 Å². The van der Waals surface area contributed by atoms with Gasteiger partial charge in [0.2, 0.25) is 0 Å². The summed E-state index contributed by atoms with van der Waals surface area (Å²) in [5, 5.41) is 10.6. The predicted molar refractivity (Wildman–Crippen MR) is 102 cm³/mol. The summed E-state index contributed by atoms with van der Waals surface area (Å²) in [6, 6.07) is 13.4. The molecule has 6 heteroatoms. The number of hydrogen-bond acceptors (Lipinski definition) is 3. The van der Waals surface area contributed by atoms with Gasteiger partial charge in [-0.3, -0.25) is 9.59 Å². The van der Waals surface area contributed by atoms with E-state index in [4.69, 9.17) is 10.8 Å². The summed E-state index contributed by atoms with van der Waals surface area (Å²) in [4.78, 5) is 29.1. The van der Waals surface area contributed by atoms with Gasteiger partial charge in [-0.15, -0.1) is 0 Å². The van der Waals surface area contributed by atoms with E-state index < -0.39 is 5.97 Å². The molecule has 2 heterocycles. The van der Waals surface area contributed by atoms with Crippen molar-refractivity contribution < 1.29 is 9.90 Å². The number of nitrogens with two attached hydrogens (primary N) is 1. The fourth-order valence-corrected chi connectivity index (χ4v) is 3.29. The third kappa shape index (κ3) is 2.71. The van der Waals surface area contributed by atoms with Gasteiger partial charge in [-0.05, 0) is 47.4 Å². The number of H-pyrrole nitrogens is 2. The van der Waals surface area contributed by atoms with E-state index in [9.17, 15) is 9.59 Å². The molecule has 0 fully saturated rings. The summed E-state index contributed by atoms with van der Waals surface area (Å²) < 4.78 is 0. The summed E-state index contributed by atoms with van der Waals surface area (Å²) in [5.74, 6) is -0.865. The molecule has 5 N–H and O–H groups in total. The molecule has 0 aliphatic heterocycles. The normalized spacial score (nSPS) is 11.2. The van der Waals surface area contributed by atoms with E-state index in [1.807, 2.05) is 42.5 Å². The number of rotatable bonds is 4. The van der Waals surface area contributed by atoms with Crippen LogP contribution in [0.15, 0.2) is 53.5 Å². The van der Waals surface area contributed by atoms with Gasteiger partial charge in [0.25, 0.3) is 5.56 Å². The lowest BCUT2D eigenvalue weighted by Crippen LogP contribution is -2.06. The van der Waals surface area contributed by atoms with Gasteiger partial charge in [0.15, 0.2) is 0 Å². The third-order valence-corrected chi connectivity index (χ3v) is 4.58. The molecule has 4 aromatic rings. The third-order valence-electron chi connectivity index (χ3n) is 4.58. The number of aliphatic carboxylic acids is 1. The van der Waals surface area contributed by atoms with Gasteiger partial charge in [0, 0.05) is 34.6 Å². The van der Waals surface area contributed by atoms with Crippen LogP contribution < -0.4 is 11.3 Å². The number of carbonyl (C=O) groups is 1. The van der Waals surface area contributed by atoms with Crippen molar-refractivity contribution in [1.29, 1.82) is 0 Å². The number of carboxylic acid groups (broad SMARTS) is 1. The zero-order chi connectivity index (χ0) is 18.3. The Morgan fingerprint density at radius 2 is 1.81 bits per heavy atom. The molecule has 0 bridgehead atoms. The minimum absolute atomic E-state index is 0.0128. The quantitative estimate of drug-likeness (QED) is 0.424. The second-order valence-electron chi connectivity index (χ2n) is 6.29. The Bertz CT molecular complexity index is 1190. The largest absolute Gasteiger partial charge is 0.481 e. The average molecular weight is 347 g/mol. The SMILES string of the molecule is Nc1ccc(-c2ccc3[nH]c(=O)c4[nH]cc(CCC(=O)O)c4c3c2)cc1. The highest BCUT2D eigenvalue weighted by atomic mass is 16.4. The van der Waals surface area contributed by atoms with Crippen molar-refractivity contribution in [2.45, 2.75) is 12.8 Å². The summed E-state index contributed by atoms with van der Waals surface area (Å²) in [6.45, 7) is 0. The highest BCUT2D eigenvalue weighted by Gasteiger charge is 2.13. The Morgan fingerprint density at radius 1 is 1.08 bits per heavy atom. The molecule has 2 aromatic carbocycles. The molecule has 2 aromatic heterocycles. The number of pyridine rings is 1. The molecule has 0 spiro atoms. The molecule has 0 aliphatic rings. The van der Waals surface area contributed by atoms with Gasteiger partial charge in [-0.2, -0.15) is 0 Å². The molecule has 0 saturated carbocycles. The molecule has 4 rings (SSSR count). The summed E-state index contributed by atoms with van der Waals surface area (Å²) in [5.41, 5.74) is 10.3. The van der Waals surface area contributed by atoms with E-state index in [0.717, 1.165) is 33.0 Å². The lowest BCUT2D eigenvalue weighted by molar-refractivity contribution is -0.136. The van der Waals surface area contributed by atoms with Gasteiger partial charge in [-0.25, -0.2) is 0 Å². The number of hydrogen-bond donors (Lipinski definition) is 4. The van der Waals surface area contributed by atoms with Crippen molar-refractivity contribution in [3.63, 3.8) is 0 Å². The first-order valence-electron chi connectivity index (χ1n) is 8.26. The van der Waals surface area contributed by atoms with Crippen LogP contribution in [0.2, 0.25) is 0 Å². The van der Waals surface area contributed by atoms with Gasteiger partial charge >= 0.3 is 5.97 Å². The maximum absolute atomic E-state index is 12.3. The van der Waals surface area contributed by atoms with E-state index >= 15 is 0 Å². The van der Waals surface area contributed by atoms with E-state index in [1.165, 1.54) is 0 Å². The van der Waals surface area contributed by atoms with E-state index in [2.05, 4.69) is 9.97 Å². The number of aryl methyl sites for hydroxylation is 1. The molecular formula is C20H17N3O3. The molecule has 130 valence electrons. The summed E-state index contributed by atoms with van der Waals surface area (Å²) in [7, 11) is 0. The summed E-state index contributed by atoms with van der Waals surface area (Å²) >= 11 is 0. The minimum Gasteiger partial charge on any atom is -0.481 e. The molecule has 0 aliphatic carbocycles. The molecule has 0 atom stereocenters. The average Bonchev–Trinajstić information content (AvgIpc) is 3.05. The zero-order valence-corrected chi connectivity index (χ0v) is 13.9. The molecule has 0 saturated heterocycles. The number of nitrogens with one attached hydrogen (secondary N) is 2. The van der Waals surface area contributed by atoms with Crippen molar-refractivity contribution in [2.24, 2.45) is 0 Å². The number of nitrogen functional groups attached to an aromatic ring is 1. The smallest absolute Gasteiger partial charge is 0.303 e. The molecule has 0 radical (unpaired) electrons. The van der Waals surface area contributed by atoms with E-state index in [0.29, 0.717) is 17.6 Å². The van der Waals surface area contributed by atoms with Gasteiger partial charge in [0.05, 0.1) is 0 Å². The Hall–Kier alpha value is -3.54. The van der Waals surface area contributed by atoms with Crippen LogP contribution in [0, 0.1) is 0 Å². The first-order chi connectivity index (χ1) is 12.5.